The number of ether oxygens (including phenoxy) is 4. The van der Waals surface area contributed by atoms with Crippen molar-refractivity contribution in [3.8, 4) is 0 Å². The second kappa shape index (κ2) is 15.7. The highest BCUT2D eigenvalue weighted by Gasteiger charge is 2.52. The Balaban J connectivity index is 1.33. The van der Waals surface area contributed by atoms with Gasteiger partial charge in [-0.2, -0.15) is 0 Å². The molecule has 0 bridgehead atoms. The number of carbonyl (C=O) groups is 4. The summed E-state index contributed by atoms with van der Waals surface area (Å²) < 4.78 is 24.0. The highest BCUT2D eigenvalue weighted by molar-refractivity contribution is 8.14. The maximum absolute atomic E-state index is 13.5. The number of amides is 1. The molecule has 12 heteroatoms. The summed E-state index contributed by atoms with van der Waals surface area (Å²) in [6, 6.07) is 28.8. The number of esters is 3. The van der Waals surface area contributed by atoms with E-state index in [0.29, 0.717) is 5.56 Å². The van der Waals surface area contributed by atoms with Crippen LogP contribution >= 0.6 is 23.1 Å². The summed E-state index contributed by atoms with van der Waals surface area (Å²) in [5, 5.41) is 2.17. The van der Waals surface area contributed by atoms with Crippen molar-refractivity contribution in [3.05, 3.63) is 148 Å². The zero-order valence-electron chi connectivity index (χ0n) is 26.0. The first-order chi connectivity index (χ1) is 23.9. The highest BCUT2D eigenvalue weighted by Crippen LogP contribution is 2.38. The molecule has 1 aromatic heterocycles. The van der Waals surface area contributed by atoms with Crippen LogP contribution in [0, 0.1) is 0 Å². The van der Waals surface area contributed by atoms with E-state index >= 15 is 0 Å². The lowest BCUT2D eigenvalue weighted by Gasteiger charge is -2.25. The van der Waals surface area contributed by atoms with Crippen molar-refractivity contribution in [3.63, 3.8) is 0 Å². The average molecular weight is 695 g/mol. The number of aliphatic imine (C=N–C) groups is 1. The fourth-order valence-electron chi connectivity index (χ4n) is 5.06. The predicted octanol–water partition coefficient (Wildman–Crippen LogP) is 6.24. The van der Waals surface area contributed by atoms with Crippen molar-refractivity contribution < 1.29 is 38.1 Å². The van der Waals surface area contributed by atoms with Gasteiger partial charge >= 0.3 is 17.9 Å². The van der Waals surface area contributed by atoms with Gasteiger partial charge in [-0.05, 0) is 53.9 Å². The number of benzene rings is 3. The SMILES string of the molecule is C=CCN1C(=O)C(=Cc2cccs2)N=C1SC1OC(COC(=O)c2ccccc2)C(OC(=O)c2ccccc2)C1OC(=O)c1ccccc1. The number of hydrogen-bond donors (Lipinski definition) is 0. The van der Waals surface area contributed by atoms with E-state index in [9.17, 15) is 19.2 Å². The molecule has 1 fully saturated rings. The normalized spacial score (nSPS) is 20.9. The third-order valence-electron chi connectivity index (χ3n) is 7.43. The maximum atomic E-state index is 13.5. The van der Waals surface area contributed by atoms with Crippen molar-refractivity contribution in [2.45, 2.75) is 23.7 Å². The topological polar surface area (TPSA) is 121 Å². The van der Waals surface area contributed by atoms with Gasteiger partial charge in [0, 0.05) is 11.4 Å². The molecule has 0 radical (unpaired) electrons. The quantitative estimate of drug-likeness (QED) is 0.0778. The average Bonchev–Trinajstić information content (AvgIpc) is 3.84. The van der Waals surface area contributed by atoms with E-state index in [4.69, 9.17) is 18.9 Å². The van der Waals surface area contributed by atoms with Crippen LogP contribution in [0.3, 0.4) is 0 Å². The summed E-state index contributed by atoms with van der Waals surface area (Å²) in [5.41, 5.74) is 0.0177. The zero-order valence-corrected chi connectivity index (χ0v) is 27.6. The maximum Gasteiger partial charge on any atom is 0.338 e. The van der Waals surface area contributed by atoms with Gasteiger partial charge in [0.25, 0.3) is 5.91 Å². The summed E-state index contributed by atoms with van der Waals surface area (Å²) in [4.78, 5) is 60.1. The first-order valence-corrected chi connectivity index (χ1v) is 17.0. The minimum Gasteiger partial charge on any atom is -0.459 e. The zero-order chi connectivity index (χ0) is 34.2. The van der Waals surface area contributed by atoms with Gasteiger partial charge in [-0.1, -0.05) is 78.5 Å². The lowest BCUT2D eigenvalue weighted by atomic mass is 10.1. The van der Waals surface area contributed by atoms with E-state index in [0.717, 1.165) is 16.6 Å². The van der Waals surface area contributed by atoms with E-state index in [-0.39, 0.29) is 41.1 Å². The summed E-state index contributed by atoms with van der Waals surface area (Å²) in [7, 11) is 0. The molecule has 10 nitrogen and oxygen atoms in total. The molecule has 0 saturated carbocycles. The van der Waals surface area contributed by atoms with Gasteiger partial charge in [-0.3, -0.25) is 9.69 Å². The van der Waals surface area contributed by atoms with Crippen molar-refractivity contribution in [2.24, 2.45) is 4.99 Å². The molecule has 4 atom stereocenters. The van der Waals surface area contributed by atoms with Crippen molar-refractivity contribution >= 4 is 58.2 Å². The minimum atomic E-state index is -1.21. The lowest BCUT2D eigenvalue weighted by Crippen LogP contribution is -2.42. The highest BCUT2D eigenvalue weighted by atomic mass is 32.2. The van der Waals surface area contributed by atoms with Gasteiger partial charge in [0.05, 0.1) is 16.7 Å². The van der Waals surface area contributed by atoms with Gasteiger partial charge < -0.3 is 18.9 Å². The van der Waals surface area contributed by atoms with Gasteiger partial charge in [-0.25, -0.2) is 19.4 Å². The largest absolute Gasteiger partial charge is 0.459 e. The molecule has 248 valence electrons. The number of amidine groups is 1. The summed E-state index contributed by atoms with van der Waals surface area (Å²) >= 11 is 2.49. The van der Waals surface area contributed by atoms with Crippen molar-refractivity contribution in [2.75, 3.05) is 13.2 Å². The molecule has 4 unspecified atom stereocenters. The van der Waals surface area contributed by atoms with Crippen LogP contribution in [0.4, 0.5) is 0 Å². The van der Waals surface area contributed by atoms with Crippen LogP contribution in [0.15, 0.2) is 132 Å². The Morgan fingerprint density at radius 1 is 0.816 bits per heavy atom. The molecule has 3 aromatic carbocycles. The smallest absolute Gasteiger partial charge is 0.338 e. The number of carbonyl (C=O) groups excluding carboxylic acids is 4. The summed E-state index contributed by atoms with van der Waals surface area (Å²) in [6.45, 7) is 3.60. The Labute approximate surface area is 290 Å². The summed E-state index contributed by atoms with van der Waals surface area (Å²) in [6.07, 6.45) is -0.221. The third kappa shape index (κ3) is 8.06. The number of hydrogen-bond acceptors (Lipinski definition) is 11. The fourth-order valence-corrected chi connectivity index (χ4v) is 6.90. The Bertz CT molecular complexity index is 1860. The molecule has 3 heterocycles. The van der Waals surface area contributed by atoms with Crippen LogP contribution in [0.1, 0.15) is 36.0 Å². The Hall–Kier alpha value is -5.30. The molecule has 6 rings (SSSR count). The molecular weight excluding hydrogens is 665 g/mol. The molecule has 0 N–H and O–H groups in total. The first-order valence-electron chi connectivity index (χ1n) is 15.2. The van der Waals surface area contributed by atoms with Gasteiger partial charge in [-0.15, -0.1) is 17.9 Å². The van der Waals surface area contributed by atoms with Gasteiger partial charge in [0.15, 0.2) is 22.8 Å². The second-order valence-corrected chi connectivity index (χ2v) is 12.8. The molecule has 0 spiro atoms. The lowest BCUT2D eigenvalue weighted by molar-refractivity contribution is -0.122. The minimum absolute atomic E-state index is 0.151. The standard InChI is InChI=1S/C37H30N2O8S2/c1-2-20-39-32(40)28(22-27-19-12-21-48-27)38-37(39)49-36-31(47-35(43)26-17-10-5-11-18-26)30(46-34(42)25-15-8-4-9-16-25)29(45-36)23-44-33(41)24-13-6-3-7-14-24/h2-19,21-22,29-31,36H,1,20,23H2. The van der Waals surface area contributed by atoms with E-state index in [2.05, 4.69) is 11.6 Å². The van der Waals surface area contributed by atoms with Crippen LogP contribution in [-0.2, 0) is 23.7 Å². The van der Waals surface area contributed by atoms with Crippen LogP contribution in [0.25, 0.3) is 6.08 Å². The van der Waals surface area contributed by atoms with Crippen LogP contribution in [-0.4, -0.2) is 70.8 Å². The number of rotatable bonds is 11. The molecule has 2 aliphatic rings. The monoisotopic (exact) mass is 694 g/mol. The van der Waals surface area contributed by atoms with Gasteiger partial charge in [0.1, 0.15) is 18.4 Å². The predicted molar refractivity (Wildman–Crippen MR) is 186 cm³/mol. The molecule has 1 amide bonds. The Morgan fingerprint density at radius 3 is 1.94 bits per heavy atom. The molecule has 0 aliphatic carbocycles. The van der Waals surface area contributed by atoms with Crippen LogP contribution in [0.5, 0.6) is 0 Å². The van der Waals surface area contributed by atoms with E-state index < -0.39 is 41.7 Å². The first kappa shape index (κ1) is 33.6. The Morgan fingerprint density at radius 2 is 1.39 bits per heavy atom. The number of nitrogens with zero attached hydrogens (tertiary/aromatic N) is 2. The summed E-state index contributed by atoms with van der Waals surface area (Å²) in [5.74, 6) is -2.33. The van der Waals surface area contributed by atoms with E-state index in [1.165, 1.54) is 16.2 Å². The van der Waals surface area contributed by atoms with Crippen molar-refractivity contribution in [1.82, 2.24) is 4.90 Å². The van der Waals surface area contributed by atoms with E-state index in [1.807, 2.05) is 17.5 Å². The third-order valence-corrected chi connectivity index (χ3v) is 9.38. The molecule has 2 aliphatic heterocycles. The van der Waals surface area contributed by atoms with Crippen LogP contribution in [0.2, 0.25) is 0 Å². The van der Waals surface area contributed by atoms with Crippen molar-refractivity contribution in [1.29, 1.82) is 0 Å². The fraction of sp³-hybridized carbons (Fsp3) is 0.162. The second-order valence-electron chi connectivity index (χ2n) is 10.7. The van der Waals surface area contributed by atoms with E-state index in [1.54, 1.807) is 103 Å². The molecule has 49 heavy (non-hydrogen) atoms. The number of thioether (sulfide) groups is 1. The molecule has 1 saturated heterocycles. The van der Waals surface area contributed by atoms with Crippen LogP contribution < -0.4 is 0 Å². The Kier molecular flexibility index (Phi) is 10.8. The molecule has 4 aromatic rings. The number of thiophene rings is 1. The molecular formula is C37H30N2O8S2. The van der Waals surface area contributed by atoms with Gasteiger partial charge in [0.2, 0.25) is 0 Å².